The fourth-order valence-corrected chi connectivity index (χ4v) is 2.26. The highest BCUT2D eigenvalue weighted by molar-refractivity contribution is 9.10. The summed E-state index contributed by atoms with van der Waals surface area (Å²) < 4.78 is 13.4. The molecule has 0 aromatic heterocycles. The lowest BCUT2D eigenvalue weighted by Gasteiger charge is -2.03. The van der Waals surface area contributed by atoms with Crippen molar-refractivity contribution < 1.29 is 9.18 Å². The molecule has 18 heavy (non-hydrogen) atoms. The lowest BCUT2D eigenvalue weighted by Crippen LogP contribution is -1.99. The van der Waals surface area contributed by atoms with Crippen LogP contribution in [-0.2, 0) is 0 Å². The summed E-state index contributed by atoms with van der Waals surface area (Å²) in [6.45, 7) is 2.19. The maximum atomic E-state index is 13.0. The molecule has 0 spiro atoms. The summed E-state index contributed by atoms with van der Waals surface area (Å²) in [6.07, 6.45) is 7.57. The van der Waals surface area contributed by atoms with Crippen LogP contribution in [-0.4, -0.2) is 5.78 Å². The van der Waals surface area contributed by atoms with E-state index in [1.807, 2.05) is 0 Å². The smallest absolute Gasteiger partial charge is 0.162 e. The Balaban J connectivity index is 2.30. The molecule has 0 fully saturated rings. The van der Waals surface area contributed by atoms with Gasteiger partial charge in [0.25, 0.3) is 0 Å². The van der Waals surface area contributed by atoms with E-state index in [1.54, 1.807) is 12.1 Å². The van der Waals surface area contributed by atoms with Gasteiger partial charge in [-0.1, -0.05) is 39.0 Å². The van der Waals surface area contributed by atoms with E-state index >= 15 is 0 Å². The molecule has 0 atom stereocenters. The van der Waals surface area contributed by atoms with Crippen molar-refractivity contribution in [3.05, 3.63) is 34.1 Å². The first-order valence-corrected chi connectivity index (χ1v) is 7.42. The molecule has 1 aromatic rings. The van der Waals surface area contributed by atoms with E-state index < -0.39 is 0 Å². The van der Waals surface area contributed by atoms with E-state index in [0.717, 1.165) is 12.8 Å². The average Bonchev–Trinajstić information content (AvgIpc) is 2.36. The maximum absolute atomic E-state index is 13.0. The van der Waals surface area contributed by atoms with Crippen LogP contribution in [0.5, 0.6) is 0 Å². The minimum atomic E-state index is -0.328. The molecule has 0 unspecified atom stereocenters. The second kappa shape index (κ2) is 8.41. The lowest BCUT2D eigenvalue weighted by atomic mass is 10.0. The number of Topliss-reactive ketones (excluding diaryl/α,β-unsaturated/α-hetero) is 1. The molecule has 1 aromatic carbocycles. The topological polar surface area (TPSA) is 17.1 Å². The normalized spacial score (nSPS) is 10.6. The minimum Gasteiger partial charge on any atom is -0.294 e. The van der Waals surface area contributed by atoms with E-state index in [2.05, 4.69) is 22.9 Å². The van der Waals surface area contributed by atoms with Gasteiger partial charge in [0.2, 0.25) is 0 Å². The average molecular weight is 315 g/mol. The molecule has 0 aliphatic heterocycles. The summed E-state index contributed by atoms with van der Waals surface area (Å²) >= 11 is 3.10. The summed E-state index contributed by atoms with van der Waals surface area (Å²) in [5.41, 5.74) is 0.594. The van der Waals surface area contributed by atoms with Crippen molar-refractivity contribution in [3.8, 4) is 0 Å². The quantitative estimate of drug-likeness (QED) is 0.456. The van der Waals surface area contributed by atoms with Gasteiger partial charge in [-0.15, -0.1) is 0 Å². The van der Waals surface area contributed by atoms with Gasteiger partial charge in [0, 0.05) is 12.0 Å². The molecule has 1 rings (SSSR count). The molecule has 0 aliphatic rings. The molecule has 0 radical (unpaired) electrons. The molecule has 0 N–H and O–H groups in total. The monoisotopic (exact) mass is 314 g/mol. The number of rotatable bonds is 8. The summed E-state index contributed by atoms with van der Waals surface area (Å²) in [5.74, 6) is -0.225. The number of halogens is 2. The molecular formula is C15H20BrFO. The zero-order valence-corrected chi connectivity index (χ0v) is 12.4. The second-order valence-corrected chi connectivity index (χ2v) is 5.42. The molecule has 100 valence electrons. The van der Waals surface area contributed by atoms with E-state index in [-0.39, 0.29) is 11.6 Å². The number of unbranched alkanes of at least 4 members (excludes halogenated alkanes) is 5. The van der Waals surface area contributed by atoms with Crippen molar-refractivity contribution in [2.24, 2.45) is 0 Å². The zero-order chi connectivity index (χ0) is 13.4. The number of carbonyl (C=O) groups excluding carboxylic acids is 1. The van der Waals surface area contributed by atoms with E-state index in [0.29, 0.717) is 16.5 Å². The van der Waals surface area contributed by atoms with Crippen LogP contribution in [0.4, 0.5) is 4.39 Å². The van der Waals surface area contributed by atoms with Gasteiger partial charge in [0.15, 0.2) is 5.78 Å². The molecule has 0 saturated carbocycles. The van der Waals surface area contributed by atoms with Crippen LogP contribution in [0.25, 0.3) is 0 Å². The van der Waals surface area contributed by atoms with Gasteiger partial charge in [-0.25, -0.2) is 4.39 Å². The Labute approximate surface area is 117 Å². The zero-order valence-electron chi connectivity index (χ0n) is 10.8. The van der Waals surface area contributed by atoms with Crippen LogP contribution in [0.2, 0.25) is 0 Å². The Hall–Kier alpha value is -0.700. The highest BCUT2D eigenvalue weighted by atomic mass is 79.9. The highest BCUT2D eigenvalue weighted by Gasteiger charge is 2.08. The Morgan fingerprint density at radius 1 is 1.17 bits per heavy atom. The number of carbonyl (C=O) groups is 1. The predicted octanol–water partition coefficient (Wildman–Crippen LogP) is 5.52. The second-order valence-electron chi connectivity index (χ2n) is 4.57. The van der Waals surface area contributed by atoms with Crippen molar-refractivity contribution in [2.45, 2.75) is 51.9 Å². The third kappa shape index (κ3) is 5.30. The van der Waals surface area contributed by atoms with Crippen LogP contribution < -0.4 is 0 Å². The predicted molar refractivity (Wildman–Crippen MR) is 76.4 cm³/mol. The molecular weight excluding hydrogens is 295 g/mol. The minimum absolute atomic E-state index is 0.103. The molecule has 0 amide bonds. The first-order chi connectivity index (χ1) is 8.65. The maximum Gasteiger partial charge on any atom is 0.162 e. The molecule has 0 aliphatic carbocycles. The van der Waals surface area contributed by atoms with Crippen molar-refractivity contribution in [3.63, 3.8) is 0 Å². The molecule has 1 nitrogen and oxygen atoms in total. The van der Waals surface area contributed by atoms with Crippen molar-refractivity contribution in [2.75, 3.05) is 0 Å². The third-order valence-corrected chi connectivity index (χ3v) is 3.61. The van der Waals surface area contributed by atoms with Crippen LogP contribution >= 0.6 is 15.9 Å². The fraction of sp³-hybridized carbons (Fsp3) is 0.533. The van der Waals surface area contributed by atoms with Gasteiger partial charge in [-0.05, 0) is 40.5 Å². The highest BCUT2D eigenvalue weighted by Crippen LogP contribution is 2.18. The lowest BCUT2D eigenvalue weighted by molar-refractivity contribution is 0.0979. The van der Waals surface area contributed by atoms with Crippen LogP contribution in [0.3, 0.4) is 0 Å². The largest absolute Gasteiger partial charge is 0.294 e. The van der Waals surface area contributed by atoms with Gasteiger partial charge in [0.1, 0.15) is 5.82 Å². The SMILES string of the molecule is CCCCCCCCC(=O)c1ccc(F)c(Br)c1. The third-order valence-electron chi connectivity index (χ3n) is 3.00. The summed E-state index contributed by atoms with van der Waals surface area (Å²) in [6, 6.07) is 4.45. The van der Waals surface area contributed by atoms with Gasteiger partial charge in [0.05, 0.1) is 4.47 Å². The first-order valence-electron chi connectivity index (χ1n) is 6.63. The van der Waals surface area contributed by atoms with Gasteiger partial charge >= 0.3 is 0 Å². The molecule has 0 saturated heterocycles. The Bertz CT molecular complexity index is 390. The van der Waals surface area contributed by atoms with Gasteiger partial charge in [-0.3, -0.25) is 4.79 Å². The summed E-state index contributed by atoms with van der Waals surface area (Å²) in [5, 5.41) is 0. The van der Waals surface area contributed by atoms with Crippen molar-refractivity contribution in [1.82, 2.24) is 0 Å². The molecule has 0 heterocycles. The van der Waals surface area contributed by atoms with Crippen LogP contribution in [0.1, 0.15) is 62.2 Å². The van der Waals surface area contributed by atoms with Crippen LogP contribution in [0.15, 0.2) is 22.7 Å². The van der Waals surface area contributed by atoms with E-state index in [1.165, 1.54) is 31.7 Å². The number of ketones is 1. The number of benzene rings is 1. The first kappa shape index (κ1) is 15.4. The van der Waals surface area contributed by atoms with Crippen molar-refractivity contribution >= 4 is 21.7 Å². The Morgan fingerprint density at radius 2 is 1.83 bits per heavy atom. The number of hydrogen-bond donors (Lipinski definition) is 0. The van der Waals surface area contributed by atoms with Crippen molar-refractivity contribution in [1.29, 1.82) is 0 Å². The number of hydrogen-bond acceptors (Lipinski definition) is 1. The van der Waals surface area contributed by atoms with Crippen LogP contribution in [0, 0.1) is 5.82 Å². The van der Waals surface area contributed by atoms with E-state index in [9.17, 15) is 9.18 Å². The Kier molecular flexibility index (Phi) is 7.18. The molecule has 3 heteroatoms. The van der Waals surface area contributed by atoms with Gasteiger partial charge in [-0.2, -0.15) is 0 Å². The van der Waals surface area contributed by atoms with Gasteiger partial charge < -0.3 is 0 Å². The summed E-state index contributed by atoms with van der Waals surface area (Å²) in [4.78, 5) is 11.9. The fourth-order valence-electron chi connectivity index (χ4n) is 1.88. The Morgan fingerprint density at radius 3 is 2.50 bits per heavy atom. The standard InChI is InChI=1S/C15H20BrFO/c1-2-3-4-5-6-7-8-15(18)12-9-10-14(17)13(16)11-12/h9-11H,2-8H2,1H3. The van der Waals surface area contributed by atoms with E-state index in [4.69, 9.17) is 0 Å². The molecule has 0 bridgehead atoms. The summed E-state index contributed by atoms with van der Waals surface area (Å²) in [7, 11) is 0.